The van der Waals surface area contributed by atoms with Crippen LogP contribution in [0, 0.1) is 0 Å². The van der Waals surface area contributed by atoms with Gasteiger partial charge in [-0.25, -0.2) is 9.78 Å². The molecule has 4 heteroatoms. The third-order valence-corrected chi connectivity index (χ3v) is 3.76. The molecule has 0 fully saturated rings. The fraction of sp³-hybridized carbons (Fsp3) is 0.0588. The van der Waals surface area contributed by atoms with Crippen LogP contribution < -0.4 is 4.74 Å². The number of hydrogen-bond donors (Lipinski definition) is 1. The smallest absolute Gasteiger partial charge is 0.355 e. The monoisotopic (exact) mass is 277 g/mol. The Kier molecular flexibility index (Phi) is 2.44. The molecule has 0 radical (unpaired) electrons. The van der Waals surface area contributed by atoms with E-state index in [9.17, 15) is 9.90 Å². The van der Waals surface area contributed by atoms with Gasteiger partial charge in [0.05, 0.1) is 0 Å². The van der Waals surface area contributed by atoms with E-state index in [-0.39, 0.29) is 5.69 Å². The van der Waals surface area contributed by atoms with Gasteiger partial charge in [0.2, 0.25) is 0 Å². The molecule has 2 heterocycles. The summed E-state index contributed by atoms with van der Waals surface area (Å²) in [7, 11) is 0. The molecule has 4 nitrogen and oxygen atoms in total. The summed E-state index contributed by atoms with van der Waals surface area (Å²) in [6, 6.07) is 13.4. The van der Waals surface area contributed by atoms with Crippen LogP contribution in [0.5, 0.6) is 11.5 Å². The number of aromatic carboxylic acids is 1. The number of carbonyl (C=O) groups is 1. The zero-order chi connectivity index (χ0) is 14.4. The summed E-state index contributed by atoms with van der Waals surface area (Å²) in [6.45, 7) is 0. The quantitative estimate of drug-likeness (QED) is 0.577. The Hall–Kier alpha value is -2.88. The number of carboxylic acids is 1. The van der Waals surface area contributed by atoms with Crippen LogP contribution in [0.2, 0.25) is 0 Å². The van der Waals surface area contributed by atoms with Crippen molar-refractivity contribution >= 4 is 16.7 Å². The third kappa shape index (κ3) is 1.76. The number of pyridine rings is 1. The summed E-state index contributed by atoms with van der Waals surface area (Å²) < 4.78 is 5.90. The number of benzene rings is 2. The van der Waals surface area contributed by atoms with Crippen LogP contribution in [0.25, 0.3) is 10.8 Å². The topological polar surface area (TPSA) is 59.4 Å². The maximum absolute atomic E-state index is 11.4. The molecule has 102 valence electrons. The highest BCUT2D eigenvalue weighted by atomic mass is 16.5. The Morgan fingerprint density at radius 1 is 1.10 bits per heavy atom. The molecule has 1 aromatic heterocycles. The van der Waals surface area contributed by atoms with Gasteiger partial charge in [-0.3, -0.25) is 0 Å². The molecule has 0 unspecified atom stereocenters. The van der Waals surface area contributed by atoms with Crippen LogP contribution in [0.1, 0.15) is 21.6 Å². The summed E-state index contributed by atoms with van der Waals surface area (Å²) in [5.41, 5.74) is 2.02. The summed E-state index contributed by atoms with van der Waals surface area (Å²) in [4.78, 5) is 15.5. The first-order valence-corrected chi connectivity index (χ1v) is 6.63. The zero-order valence-corrected chi connectivity index (χ0v) is 11.0. The number of aromatic nitrogens is 1. The highest BCUT2D eigenvalue weighted by Gasteiger charge is 2.22. The number of rotatable bonds is 1. The van der Waals surface area contributed by atoms with E-state index in [2.05, 4.69) is 4.98 Å². The molecule has 4 rings (SSSR count). The van der Waals surface area contributed by atoms with E-state index in [1.54, 1.807) is 0 Å². The van der Waals surface area contributed by atoms with Crippen LogP contribution in [-0.4, -0.2) is 16.1 Å². The Morgan fingerprint density at radius 3 is 2.81 bits per heavy atom. The standard InChI is InChI=1S/C17H11NO3/c19-17(20)16-15-10(7-8-18-16)5-6-14-12(15)9-11-3-1-2-4-13(11)21-14/h1-8H,9H2,(H,19,20). The van der Waals surface area contributed by atoms with Gasteiger partial charge in [-0.1, -0.05) is 24.3 Å². The van der Waals surface area contributed by atoms with E-state index >= 15 is 0 Å². The van der Waals surface area contributed by atoms with Crippen molar-refractivity contribution < 1.29 is 14.6 Å². The first kappa shape index (κ1) is 11.9. The second-order valence-corrected chi connectivity index (χ2v) is 4.99. The maximum atomic E-state index is 11.4. The van der Waals surface area contributed by atoms with Gasteiger partial charge in [-0.05, 0) is 29.1 Å². The number of fused-ring (bicyclic) bond motifs is 4. The van der Waals surface area contributed by atoms with Gasteiger partial charge in [0.1, 0.15) is 11.5 Å². The molecule has 21 heavy (non-hydrogen) atoms. The number of ether oxygens (including phenoxy) is 1. The Balaban J connectivity index is 2.02. The van der Waals surface area contributed by atoms with Crippen molar-refractivity contribution in [2.75, 3.05) is 0 Å². The Bertz CT molecular complexity index is 886. The summed E-state index contributed by atoms with van der Waals surface area (Å²) in [5, 5.41) is 10.9. The highest BCUT2D eigenvalue weighted by Crippen LogP contribution is 2.40. The minimum atomic E-state index is -1.02. The van der Waals surface area contributed by atoms with Gasteiger partial charge in [-0.15, -0.1) is 0 Å². The van der Waals surface area contributed by atoms with Crippen LogP contribution in [-0.2, 0) is 6.42 Å². The van der Waals surface area contributed by atoms with Crippen molar-refractivity contribution in [1.29, 1.82) is 0 Å². The van der Waals surface area contributed by atoms with Crippen molar-refractivity contribution in [2.45, 2.75) is 6.42 Å². The molecular formula is C17H11NO3. The lowest BCUT2D eigenvalue weighted by Gasteiger charge is -2.22. The molecule has 0 atom stereocenters. The minimum absolute atomic E-state index is 0.0762. The van der Waals surface area contributed by atoms with Gasteiger partial charge in [0.15, 0.2) is 5.69 Å². The SMILES string of the molecule is O=C(O)c1nccc2ccc3c(c12)Cc1ccccc1O3. The average Bonchev–Trinajstić information content (AvgIpc) is 2.52. The molecule has 0 aliphatic carbocycles. The van der Waals surface area contributed by atoms with Crippen molar-refractivity contribution in [3.05, 3.63) is 65.5 Å². The Labute approximate surface area is 120 Å². The van der Waals surface area contributed by atoms with Gasteiger partial charge in [0, 0.05) is 23.6 Å². The molecule has 0 spiro atoms. The van der Waals surface area contributed by atoms with E-state index in [0.29, 0.717) is 17.6 Å². The number of nitrogens with zero attached hydrogens (tertiary/aromatic N) is 1. The molecule has 0 saturated carbocycles. The van der Waals surface area contributed by atoms with E-state index in [1.807, 2.05) is 42.5 Å². The largest absolute Gasteiger partial charge is 0.476 e. The molecule has 1 N–H and O–H groups in total. The summed E-state index contributed by atoms with van der Waals surface area (Å²) >= 11 is 0. The molecule has 0 amide bonds. The van der Waals surface area contributed by atoms with Crippen molar-refractivity contribution in [2.24, 2.45) is 0 Å². The molecule has 3 aromatic rings. The fourth-order valence-electron chi connectivity index (χ4n) is 2.81. The molecule has 0 bridgehead atoms. The first-order valence-electron chi connectivity index (χ1n) is 6.63. The lowest BCUT2D eigenvalue weighted by Crippen LogP contribution is -2.08. The Morgan fingerprint density at radius 2 is 1.95 bits per heavy atom. The van der Waals surface area contributed by atoms with Crippen LogP contribution in [0.15, 0.2) is 48.7 Å². The maximum Gasteiger partial charge on any atom is 0.355 e. The van der Waals surface area contributed by atoms with Crippen molar-refractivity contribution in [1.82, 2.24) is 4.98 Å². The molecule has 1 aliphatic heterocycles. The van der Waals surface area contributed by atoms with Gasteiger partial charge < -0.3 is 9.84 Å². The fourth-order valence-corrected chi connectivity index (χ4v) is 2.81. The van der Waals surface area contributed by atoms with E-state index in [1.165, 1.54) is 6.20 Å². The van der Waals surface area contributed by atoms with Gasteiger partial charge in [0.25, 0.3) is 0 Å². The van der Waals surface area contributed by atoms with E-state index < -0.39 is 5.97 Å². The van der Waals surface area contributed by atoms with E-state index in [0.717, 1.165) is 22.3 Å². The lowest BCUT2D eigenvalue weighted by atomic mass is 9.94. The van der Waals surface area contributed by atoms with Gasteiger partial charge >= 0.3 is 5.97 Å². The number of carboxylic acid groups (broad SMARTS) is 1. The van der Waals surface area contributed by atoms with Crippen molar-refractivity contribution in [3.63, 3.8) is 0 Å². The molecular weight excluding hydrogens is 266 g/mol. The molecule has 2 aromatic carbocycles. The lowest BCUT2D eigenvalue weighted by molar-refractivity contribution is 0.0693. The molecule has 0 saturated heterocycles. The number of hydrogen-bond acceptors (Lipinski definition) is 3. The minimum Gasteiger partial charge on any atom is -0.476 e. The van der Waals surface area contributed by atoms with Crippen LogP contribution in [0.3, 0.4) is 0 Å². The highest BCUT2D eigenvalue weighted by molar-refractivity contribution is 6.04. The second kappa shape index (κ2) is 4.31. The first-order chi connectivity index (χ1) is 10.2. The summed E-state index contributed by atoms with van der Waals surface area (Å²) in [6.07, 6.45) is 2.17. The molecule has 1 aliphatic rings. The zero-order valence-electron chi connectivity index (χ0n) is 11.0. The predicted molar refractivity (Wildman–Crippen MR) is 78.0 cm³/mol. The van der Waals surface area contributed by atoms with Crippen LogP contribution in [0.4, 0.5) is 0 Å². The second-order valence-electron chi connectivity index (χ2n) is 4.99. The average molecular weight is 277 g/mol. The number of para-hydroxylation sites is 1. The van der Waals surface area contributed by atoms with E-state index in [4.69, 9.17) is 4.74 Å². The third-order valence-electron chi connectivity index (χ3n) is 3.76. The predicted octanol–water partition coefficient (Wildman–Crippen LogP) is 3.63. The van der Waals surface area contributed by atoms with Crippen molar-refractivity contribution in [3.8, 4) is 11.5 Å². The summed E-state index contributed by atoms with van der Waals surface area (Å²) in [5.74, 6) is 0.509. The van der Waals surface area contributed by atoms with Gasteiger partial charge in [-0.2, -0.15) is 0 Å². The normalized spacial score (nSPS) is 12.4. The van der Waals surface area contributed by atoms with Crippen LogP contribution >= 0.6 is 0 Å².